The predicted molar refractivity (Wildman–Crippen MR) is 87.1 cm³/mol. The zero-order chi connectivity index (χ0) is 15.4. The molecule has 1 aromatic heterocycles. The molecule has 118 valence electrons. The average molecular weight is 319 g/mol. The van der Waals surface area contributed by atoms with Crippen LogP contribution in [0, 0.1) is 0 Å². The van der Waals surface area contributed by atoms with E-state index >= 15 is 0 Å². The van der Waals surface area contributed by atoms with Gasteiger partial charge in [-0.15, -0.1) is 0 Å². The van der Waals surface area contributed by atoms with Crippen molar-refractivity contribution in [3.05, 3.63) is 34.3 Å². The summed E-state index contributed by atoms with van der Waals surface area (Å²) in [6, 6.07) is 1.38. The van der Waals surface area contributed by atoms with Gasteiger partial charge in [-0.25, -0.2) is 4.98 Å². The van der Waals surface area contributed by atoms with Gasteiger partial charge in [0, 0.05) is 31.0 Å². The lowest BCUT2D eigenvalue weighted by molar-refractivity contribution is -0.121. The van der Waals surface area contributed by atoms with Crippen molar-refractivity contribution in [2.24, 2.45) is 0 Å². The summed E-state index contributed by atoms with van der Waals surface area (Å²) in [6.07, 6.45) is 10.0. The van der Waals surface area contributed by atoms with Gasteiger partial charge in [0.05, 0.1) is 6.04 Å². The summed E-state index contributed by atoms with van der Waals surface area (Å²) in [7, 11) is 0. The minimum atomic E-state index is -0.0740. The monoisotopic (exact) mass is 319 g/mol. The Morgan fingerprint density at radius 2 is 2.36 bits per heavy atom. The molecule has 1 aromatic rings. The number of amides is 1. The molecular weight excluding hydrogens is 298 g/mol. The maximum absolute atomic E-state index is 12.1. The summed E-state index contributed by atoms with van der Waals surface area (Å²) in [5.74, 6) is 0.760. The fourth-order valence-electron chi connectivity index (χ4n) is 3.02. The number of fused-ring (bicyclic) bond motifs is 1. The third-order valence-electron chi connectivity index (χ3n) is 4.19. The van der Waals surface area contributed by atoms with Crippen LogP contribution in [0.1, 0.15) is 44.6 Å². The number of rotatable bonds is 5. The van der Waals surface area contributed by atoms with Crippen molar-refractivity contribution in [1.29, 1.82) is 0 Å². The Morgan fingerprint density at radius 1 is 1.45 bits per heavy atom. The van der Waals surface area contributed by atoms with Crippen LogP contribution in [0.25, 0.3) is 0 Å². The second-order valence-corrected chi connectivity index (χ2v) is 6.80. The first-order valence-electron chi connectivity index (χ1n) is 7.89. The maximum atomic E-state index is 12.1. The van der Waals surface area contributed by atoms with Crippen LogP contribution >= 0.6 is 11.8 Å². The SMILES string of the molecule is O=C(C[C@H]1CSc2nccc(=O)n21)NCCC1=CCCCC1. The van der Waals surface area contributed by atoms with E-state index in [-0.39, 0.29) is 17.5 Å². The highest BCUT2D eigenvalue weighted by molar-refractivity contribution is 7.99. The summed E-state index contributed by atoms with van der Waals surface area (Å²) in [5, 5.41) is 3.70. The molecule has 5 nitrogen and oxygen atoms in total. The summed E-state index contributed by atoms with van der Waals surface area (Å²) >= 11 is 1.54. The molecule has 0 spiro atoms. The minimum absolute atomic E-state index is 0.0191. The van der Waals surface area contributed by atoms with Crippen molar-refractivity contribution in [2.45, 2.75) is 49.7 Å². The van der Waals surface area contributed by atoms with Gasteiger partial charge in [0.1, 0.15) is 0 Å². The predicted octanol–water partition coefficient (Wildman–Crippen LogP) is 2.29. The number of nitrogens with zero attached hydrogens (tertiary/aromatic N) is 2. The highest BCUT2D eigenvalue weighted by Crippen LogP contribution is 2.31. The normalized spacial score (nSPS) is 20.4. The Balaban J connectivity index is 1.49. The molecule has 1 amide bonds. The quantitative estimate of drug-likeness (QED) is 0.668. The van der Waals surface area contributed by atoms with E-state index in [0.717, 1.165) is 17.3 Å². The van der Waals surface area contributed by atoms with Crippen LogP contribution in [0.15, 0.2) is 33.9 Å². The topological polar surface area (TPSA) is 64.0 Å². The molecule has 2 heterocycles. The number of hydrogen-bond acceptors (Lipinski definition) is 4. The molecule has 1 N–H and O–H groups in total. The zero-order valence-corrected chi connectivity index (χ0v) is 13.4. The Morgan fingerprint density at radius 3 is 3.18 bits per heavy atom. The van der Waals surface area contributed by atoms with Crippen molar-refractivity contribution in [2.75, 3.05) is 12.3 Å². The van der Waals surface area contributed by atoms with Crippen LogP contribution in [0.5, 0.6) is 0 Å². The molecule has 0 aromatic carbocycles. The van der Waals surface area contributed by atoms with Gasteiger partial charge in [0.15, 0.2) is 5.16 Å². The van der Waals surface area contributed by atoms with Crippen molar-refractivity contribution >= 4 is 17.7 Å². The van der Waals surface area contributed by atoms with E-state index in [9.17, 15) is 9.59 Å². The molecule has 0 fully saturated rings. The molecule has 22 heavy (non-hydrogen) atoms. The Kier molecular flexibility index (Phi) is 4.97. The molecular formula is C16H21N3O2S. The van der Waals surface area contributed by atoms with Gasteiger partial charge >= 0.3 is 0 Å². The molecule has 0 saturated carbocycles. The molecule has 0 bridgehead atoms. The van der Waals surface area contributed by atoms with Crippen LogP contribution in [-0.4, -0.2) is 27.8 Å². The van der Waals surface area contributed by atoms with E-state index in [1.807, 2.05) is 0 Å². The number of thioether (sulfide) groups is 1. The molecule has 1 aliphatic carbocycles. The lowest BCUT2D eigenvalue weighted by atomic mass is 9.97. The van der Waals surface area contributed by atoms with Crippen molar-refractivity contribution < 1.29 is 4.79 Å². The summed E-state index contributed by atoms with van der Waals surface area (Å²) < 4.78 is 1.65. The number of carbonyl (C=O) groups is 1. The fraction of sp³-hybridized carbons (Fsp3) is 0.562. The lowest BCUT2D eigenvalue weighted by Crippen LogP contribution is -2.31. The molecule has 1 atom stereocenters. The fourth-order valence-corrected chi connectivity index (χ4v) is 4.14. The number of nitrogens with one attached hydrogen (secondary N) is 1. The van der Waals surface area contributed by atoms with Crippen LogP contribution in [0.3, 0.4) is 0 Å². The van der Waals surface area contributed by atoms with Gasteiger partial charge in [-0.05, 0) is 32.1 Å². The largest absolute Gasteiger partial charge is 0.356 e. The lowest BCUT2D eigenvalue weighted by Gasteiger charge is -2.15. The highest BCUT2D eigenvalue weighted by Gasteiger charge is 2.26. The van der Waals surface area contributed by atoms with Gasteiger partial charge in [0.25, 0.3) is 5.56 Å². The van der Waals surface area contributed by atoms with Crippen molar-refractivity contribution in [1.82, 2.24) is 14.9 Å². The maximum Gasteiger partial charge on any atom is 0.254 e. The number of hydrogen-bond donors (Lipinski definition) is 1. The molecule has 3 rings (SSSR count). The third-order valence-corrected chi connectivity index (χ3v) is 5.30. The van der Waals surface area contributed by atoms with Gasteiger partial charge in [-0.2, -0.15) is 0 Å². The highest BCUT2D eigenvalue weighted by atomic mass is 32.2. The molecule has 1 aliphatic heterocycles. The average Bonchev–Trinajstić information content (AvgIpc) is 2.93. The molecule has 0 radical (unpaired) electrons. The van der Waals surface area contributed by atoms with Crippen LogP contribution in [0.2, 0.25) is 0 Å². The Hall–Kier alpha value is -1.56. The van der Waals surface area contributed by atoms with E-state index in [0.29, 0.717) is 13.0 Å². The van der Waals surface area contributed by atoms with E-state index in [4.69, 9.17) is 0 Å². The van der Waals surface area contributed by atoms with Gasteiger partial charge in [-0.1, -0.05) is 23.4 Å². The van der Waals surface area contributed by atoms with Gasteiger partial charge < -0.3 is 5.32 Å². The minimum Gasteiger partial charge on any atom is -0.356 e. The molecule has 6 heteroatoms. The van der Waals surface area contributed by atoms with Crippen LogP contribution in [-0.2, 0) is 4.79 Å². The summed E-state index contributed by atoms with van der Waals surface area (Å²) in [4.78, 5) is 28.2. The molecule has 0 saturated heterocycles. The summed E-state index contributed by atoms with van der Waals surface area (Å²) in [5.41, 5.74) is 1.40. The van der Waals surface area contributed by atoms with Crippen molar-refractivity contribution in [3.8, 4) is 0 Å². The molecule has 2 aliphatic rings. The van der Waals surface area contributed by atoms with Crippen LogP contribution in [0.4, 0.5) is 0 Å². The number of aromatic nitrogens is 2. The molecule has 0 unspecified atom stereocenters. The smallest absolute Gasteiger partial charge is 0.254 e. The van der Waals surface area contributed by atoms with E-state index < -0.39 is 0 Å². The second kappa shape index (κ2) is 7.13. The second-order valence-electron chi connectivity index (χ2n) is 5.81. The third kappa shape index (κ3) is 3.61. The van der Waals surface area contributed by atoms with Gasteiger partial charge in [0.2, 0.25) is 5.91 Å². The number of carbonyl (C=O) groups excluding carboxylic acids is 1. The summed E-state index contributed by atoms with van der Waals surface area (Å²) in [6.45, 7) is 0.694. The van der Waals surface area contributed by atoms with E-state index in [2.05, 4.69) is 16.4 Å². The van der Waals surface area contributed by atoms with Crippen LogP contribution < -0.4 is 10.9 Å². The van der Waals surface area contributed by atoms with E-state index in [1.165, 1.54) is 43.5 Å². The van der Waals surface area contributed by atoms with Gasteiger partial charge in [-0.3, -0.25) is 14.2 Å². The number of allylic oxidation sites excluding steroid dienone is 1. The van der Waals surface area contributed by atoms with Crippen molar-refractivity contribution in [3.63, 3.8) is 0 Å². The first kappa shape index (κ1) is 15.3. The zero-order valence-electron chi connectivity index (χ0n) is 12.6. The van der Waals surface area contributed by atoms with E-state index in [1.54, 1.807) is 16.3 Å². The first-order chi connectivity index (χ1) is 10.7. The first-order valence-corrected chi connectivity index (χ1v) is 8.87. The Labute approximate surface area is 134 Å². The standard InChI is InChI=1S/C16H21N3O2S/c20-14(17-8-6-12-4-2-1-3-5-12)10-13-11-22-16-18-9-7-15(21)19(13)16/h4,7,9,13H,1-3,5-6,8,10-11H2,(H,17,20)/t13-/m0/s1. The Bertz CT molecular complexity index is 639.